The SMILES string of the molecule is CCC(=O)OCC(=O)Nc1ccc(C)c(C)c1. The molecule has 0 aliphatic carbocycles. The third-order valence-electron chi connectivity index (χ3n) is 2.44. The molecule has 0 saturated heterocycles. The maximum Gasteiger partial charge on any atom is 0.306 e. The van der Waals surface area contributed by atoms with Gasteiger partial charge >= 0.3 is 5.97 Å². The van der Waals surface area contributed by atoms with Gasteiger partial charge in [-0.15, -0.1) is 0 Å². The van der Waals surface area contributed by atoms with Gasteiger partial charge in [0.15, 0.2) is 6.61 Å². The largest absolute Gasteiger partial charge is 0.456 e. The molecule has 1 aromatic rings. The fourth-order valence-corrected chi connectivity index (χ4v) is 1.26. The zero-order valence-corrected chi connectivity index (χ0v) is 10.4. The molecule has 17 heavy (non-hydrogen) atoms. The van der Waals surface area contributed by atoms with E-state index in [1.807, 2.05) is 32.0 Å². The Labute approximate surface area is 101 Å². The van der Waals surface area contributed by atoms with Crippen molar-refractivity contribution in [2.24, 2.45) is 0 Å². The van der Waals surface area contributed by atoms with Crippen LogP contribution in [0.15, 0.2) is 18.2 Å². The molecule has 0 bridgehead atoms. The second-order valence-corrected chi connectivity index (χ2v) is 3.86. The first kappa shape index (κ1) is 13.2. The number of carbonyl (C=O) groups is 2. The quantitative estimate of drug-likeness (QED) is 0.814. The van der Waals surface area contributed by atoms with E-state index in [-0.39, 0.29) is 24.9 Å². The van der Waals surface area contributed by atoms with Crippen LogP contribution in [0.1, 0.15) is 24.5 Å². The van der Waals surface area contributed by atoms with Crippen molar-refractivity contribution in [1.82, 2.24) is 0 Å². The van der Waals surface area contributed by atoms with Gasteiger partial charge in [-0.05, 0) is 37.1 Å². The summed E-state index contributed by atoms with van der Waals surface area (Å²) in [7, 11) is 0. The normalized spacial score (nSPS) is 9.82. The summed E-state index contributed by atoms with van der Waals surface area (Å²) in [6.45, 7) is 5.43. The summed E-state index contributed by atoms with van der Waals surface area (Å²) >= 11 is 0. The summed E-state index contributed by atoms with van der Waals surface area (Å²) in [5.41, 5.74) is 2.99. The summed E-state index contributed by atoms with van der Waals surface area (Å²) in [5, 5.41) is 2.67. The van der Waals surface area contributed by atoms with Crippen LogP contribution >= 0.6 is 0 Å². The molecule has 0 heterocycles. The molecule has 0 spiro atoms. The molecule has 0 radical (unpaired) electrons. The van der Waals surface area contributed by atoms with Crippen LogP contribution in [-0.4, -0.2) is 18.5 Å². The number of aryl methyl sites for hydroxylation is 2. The minimum absolute atomic E-state index is 0.237. The summed E-state index contributed by atoms with van der Waals surface area (Å²) < 4.78 is 4.73. The van der Waals surface area contributed by atoms with Crippen LogP contribution in [0.5, 0.6) is 0 Å². The molecule has 0 atom stereocenters. The van der Waals surface area contributed by atoms with E-state index in [1.165, 1.54) is 5.56 Å². The first-order chi connectivity index (χ1) is 8.02. The lowest BCUT2D eigenvalue weighted by Crippen LogP contribution is -2.20. The number of benzene rings is 1. The highest BCUT2D eigenvalue weighted by Gasteiger charge is 2.06. The van der Waals surface area contributed by atoms with Gasteiger partial charge in [0, 0.05) is 12.1 Å². The number of carbonyl (C=O) groups excluding carboxylic acids is 2. The number of nitrogens with one attached hydrogen (secondary N) is 1. The average Bonchev–Trinajstić information content (AvgIpc) is 2.31. The molecule has 0 aliphatic rings. The molecule has 1 amide bonds. The van der Waals surface area contributed by atoms with Gasteiger partial charge in [-0.3, -0.25) is 9.59 Å². The van der Waals surface area contributed by atoms with Gasteiger partial charge < -0.3 is 10.1 Å². The van der Waals surface area contributed by atoms with Crippen LogP contribution in [0, 0.1) is 13.8 Å². The molecule has 0 fully saturated rings. The first-order valence-corrected chi connectivity index (χ1v) is 5.55. The number of esters is 1. The fourth-order valence-electron chi connectivity index (χ4n) is 1.26. The van der Waals surface area contributed by atoms with Crippen LogP contribution in [0.25, 0.3) is 0 Å². The highest BCUT2D eigenvalue weighted by Crippen LogP contribution is 2.13. The van der Waals surface area contributed by atoms with E-state index in [0.717, 1.165) is 5.56 Å². The van der Waals surface area contributed by atoms with Crippen LogP contribution < -0.4 is 5.32 Å². The lowest BCUT2D eigenvalue weighted by Gasteiger charge is -2.07. The van der Waals surface area contributed by atoms with E-state index in [0.29, 0.717) is 5.69 Å². The molecule has 1 N–H and O–H groups in total. The molecule has 0 unspecified atom stereocenters. The van der Waals surface area contributed by atoms with E-state index >= 15 is 0 Å². The summed E-state index contributed by atoms with van der Waals surface area (Å²) in [6, 6.07) is 5.64. The van der Waals surface area contributed by atoms with E-state index < -0.39 is 0 Å². The molecule has 1 rings (SSSR count). The van der Waals surface area contributed by atoms with Crippen molar-refractivity contribution in [2.45, 2.75) is 27.2 Å². The smallest absolute Gasteiger partial charge is 0.306 e. The Bertz CT molecular complexity index is 427. The van der Waals surface area contributed by atoms with E-state index in [4.69, 9.17) is 4.74 Å². The third-order valence-corrected chi connectivity index (χ3v) is 2.44. The molecule has 0 aromatic heterocycles. The van der Waals surface area contributed by atoms with Gasteiger partial charge in [-0.1, -0.05) is 13.0 Å². The molecule has 1 aromatic carbocycles. The number of anilines is 1. The summed E-state index contributed by atoms with van der Waals surface area (Å²) in [6.07, 6.45) is 0.275. The van der Waals surface area contributed by atoms with E-state index in [2.05, 4.69) is 5.32 Å². The van der Waals surface area contributed by atoms with Crippen LogP contribution in [0.3, 0.4) is 0 Å². The Morgan fingerprint density at radius 3 is 2.53 bits per heavy atom. The molecule has 0 aliphatic heterocycles. The van der Waals surface area contributed by atoms with Crippen LogP contribution in [0.2, 0.25) is 0 Å². The first-order valence-electron chi connectivity index (χ1n) is 5.55. The van der Waals surface area contributed by atoms with Crippen molar-refractivity contribution < 1.29 is 14.3 Å². The minimum atomic E-state index is -0.375. The van der Waals surface area contributed by atoms with Crippen molar-refractivity contribution >= 4 is 17.6 Å². The van der Waals surface area contributed by atoms with Crippen LogP contribution in [0.4, 0.5) is 5.69 Å². The average molecular weight is 235 g/mol. The fraction of sp³-hybridized carbons (Fsp3) is 0.385. The number of ether oxygens (including phenoxy) is 1. The predicted molar refractivity (Wildman–Crippen MR) is 65.8 cm³/mol. The number of hydrogen-bond donors (Lipinski definition) is 1. The van der Waals surface area contributed by atoms with Crippen molar-refractivity contribution in [3.05, 3.63) is 29.3 Å². The summed E-state index contributed by atoms with van der Waals surface area (Å²) in [4.78, 5) is 22.3. The number of rotatable bonds is 4. The Kier molecular flexibility index (Phi) is 4.69. The van der Waals surface area contributed by atoms with Gasteiger partial charge in [-0.25, -0.2) is 0 Å². The Balaban J connectivity index is 2.50. The molecule has 0 saturated carbocycles. The lowest BCUT2D eigenvalue weighted by molar-refractivity contribution is -0.146. The summed E-state index contributed by atoms with van der Waals surface area (Å²) in [5.74, 6) is -0.699. The Hall–Kier alpha value is -1.84. The van der Waals surface area contributed by atoms with E-state index in [9.17, 15) is 9.59 Å². The molecular formula is C13H17NO3. The monoisotopic (exact) mass is 235 g/mol. The Morgan fingerprint density at radius 2 is 1.94 bits per heavy atom. The zero-order valence-electron chi connectivity index (χ0n) is 10.4. The third kappa shape index (κ3) is 4.26. The molecule has 92 valence electrons. The molecular weight excluding hydrogens is 218 g/mol. The van der Waals surface area contributed by atoms with Gasteiger partial charge in [0.25, 0.3) is 5.91 Å². The predicted octanol–water partition coefficient (Wildman–Crippen LogP) is 2.20. The standard InChI is InChI=1S/C13H17NO3/c1-4-13(16)17-8-12(15)14-11-6-5-9(2)10(3)7-11/h5-7H,4,8H2,1-3H3,(H,14,15). The van der Waals surface area contributed by atoms with Crippen molar-refractivity contribution in [3.63, 3.8) is 0 Å². The topological polar surface area (TPSA) is 55.4 Å². The van der Waals surface area contributed by atoms with Gasteiger partial charge in [0.2, 0.25) is 0 Å². The van der Waals surface area contributed by atoms with Gasteiger partial charge in [0.05, 0.1) is 0 Å². The molecule has 4 heteroatoms. The number of hydrogen-bond acceptors (Lipinski definition) is 3. The second-order valence-electron chi connectivity index (χ2n) is 3.86. The van der Waals surface area contributed by atoms with E-state index in [1.54, 1.807) is 6.92 Å². The Morgan fingerprint density at radius 1 is 1.24 bits per heavy atom. The zero-order chi connectivity index (χ0) is 12.8. The minimum Gasteiger partial charge on any atom is -0.456 e. The van der Waals surface area contributed by atoms with Crippen molar-refractivity contribution in [3.8, 4) is 0 Å². The maximum atomic E-state index is 11.4. The van der Waals surface area contributed by atoms with Gasteiger partial charge in [0.1, 0.15) is 0 Å². The number of amides is 1. The highest BCUT2D eigenvalue weighted by atomic mass is 16.5. The highest BCUT2D eigenvalue weighted by molar-refractivity contribution is 5.92. The van der Waals surface area contributed by atoms with Crippen molar-refractivity contribution in [1.29, 1.82) is 0 Å². The van der Waals surface area contributed by atoms with Crippen molar-refractivity contribution in [2.75, 3.05) is 11.9 Å². The van der Waals surface area contributed by atoms with Gasteiger partial charge in [-0.2, -0.15) is 0 Å². The molecule has 4 nitrogen and oxygen atoms in total. The second kappa shape index (κ2) is 6.03. The van der Waals surface area contributed by atoms with Crippen LogP contribution in [-0.2, 0) is 14.3 Å². The lowest BCUT2D eigenvalue weighted by atomic mass is 10.1. The maximum absolute atomic E-state index is 11.4.